The molecule has 0 fully saturated rings. The van der Waals surface area contributed by atoms with Gasteiger partial charge in [-0.2, -0.15) is 11.3 Å². The van der Waals surface area contributed by atoms with Crippen LogP contribution in [0.5, 0.6) is 0 Å². The van der Waals surface area contributed by atoms with E-state index in [1.807, 2.05) is 0 Å². The minimum atomic E-state index is -2.44. The number of rotatable bonds is 3. The predicted octanol–water partition coefficient (Wildman–Crippen LogP) is 6.82. The van der Waals surface area contributed by atoms with Crippen molar-refractivity contribution in [3.05, 3.63) is 100.0 Å². The van der Waals surface area contributed by atoms with Gasteiger partial charge in [0.05, 0.1) is 11.4 Å². The molecule has 184 valence electrons. The summed E-state index contributed by atoms with van der Waals surface area (Å²) < 4.78 is 144. The first kappa shape index (κ1) is 24.0. The lowest BCUT2D eigenvalue weighted by Crippen LogP contribution is -2.53. The molecule has 0 unspecified atom stereocenters. The molecular formula is C22H7BF10N2S. The van der Waals surface area contributed by atoms with Crippen molar-refractivity contribution in [2.75, 3.05) is 9.62 Å². The van der Waals surface area contributed by atoms with Crippen molar-refractivity contribution in [2.45, 2.75) is 0 Å². The van der Waals surface area contributed by atoms with Crippen LogP contribution in [0.15, 0.2) is 41.8 Å². The second kappa shape index (κ2) is 8.47. The normalized spacial score (nSPS) is 13.1. The summed E-state index contributed by atoms with van der Waals surface area (Å²) >= 11 is 0.838. The van der Waals surface area contributed by atoms with Crippen LogP contribution < -0.4 is 14.4 Å². The Balaban J connectivity index is 1.90. The molecule has 0 spiro atoms. The van der Waals surface area contributed by atoms with Crippen molar-refractivity contribution in [1.29, 1.82) is 0 Å². The van der Waals surface area contributed by atoms with E-state index >= 15 is 0 Å². The Bertz CT molecular complexity index is 1370. The Hall–Kier alpha value is -3.68. The average Bonchev–Trinajstić information content (AvgIpc) is 3.51. The van der Waals surface area contributed by atoms with Gasteiger partial charge in [0.2, 0.25) is 11.6 Å². The Morgan fingerprint density at radius 2 is 0.833 bits per heavy atom. The van der Waals surface area contributed by atoms with Crippen LogP contribution in [0.2, 0.25) is 0 Å². The third-order valence-corrected chi connectivity index (χ3v) is 6.45. The van der Waals surface area contributed by atoms with Crippen LogP contribution in [-0.4, -0.2) is 6.98 Å². The van der Waals surface area contributed by atoms with E-state index in [0.29, 0.717) is 9.62 Å². The first-order chi connectivity index (χ1) is 17.1. The van der Waals surface area contributed by atoms with Gasteiger partial charge in [0.1, 0.15) is 11.4 Å². The Morgan fingerprint density at radius 1 is 0.472 bits per heavy atom. The van der Waals surface area contributed by atoms with Crippen LogP contribution in [0.1, 0.15) is 0 Å². The molecule has 1 aliphatic rings. The summed E-state index contributed by atoms with van der Waals surface area (Å²) in [7, 11) is 0. The molecule has 0 aliphatic carbocycles. The summed E-state index contributed by atoms with van der Waals surface area (Å²) in [6.45, 7) is -1.82. The van der Waals surface area contributed by atoms with E-state index in [0.717, 1.165) is 23.5 Å². The Labute approximate surface area is 199 Å². The maximum absolute atomic E-state index is 14.9. The van der Waals surface area contributed by atoms with Crippen LogP contribution in [0.4, 0.5) is 66.7 Å². The smallest absolute Gasteiger partial charge is 0.354 e. The van der Waals surface area contributed by atoms with Crippen LogP contribution in [0, 0.1) is 58.2 Å². The molecule has 0 atom stereocenters. The van der Waals surface area contributed by atoms with Crippen molar-refractivity contribution >= 4 is 45.8 Å². The molecule has 0 bridgehead atoms. The molecule has 2 heterocycles. The third kappa shape index (κ3) is 3.20. The van der Waals surface area contributed by atoms with Gasteiger partial charge in [-0.3, -0.25) is 0 Å². The van der Waals surface area contributed by atoms with E-state index in [2.05, 4.69) is 0 Å². The molecule has 0 saturated carbocycles. The number of halogens is 10. The van der Waals surface area contributed by atoms with Crippen molar-refractivity contribution in [3.63, 3.8) is 0 Å². The van der Waals surface area contributed by atoms with E-state index in [1.54, 1.807) is 0 Å². The molecule has 36 heavy (non-hydrogen) atoms. The summed E-state index contributed by atoms with van der Waals surface area (Å²) in [4.78, 5) is 1.10. The predicted molar refractivity (Wildman–Crippen MR) is 113 cm³/mol. The largest absolute Gasteiger partial charge is 0.431 e. The number of thiophene rings is 1. The van der Waals surface area contributed by atoms with E-state index in [-0.39, 0.29) is 16.2 Å². The van der Waals surface area contributed by atoms with E-state index in [9.17, 15) is 43.9 Å². The van der Waals surface area contributed by atoms with Crippen molar-refractivity contribution in [1.82, 2.24) is 0 Å². The fraction of sp³-hybridized carbons (Fsp3) is 0. The topological polar surface area (TPSA) is 6.48 Å². The maximum Gasteiger partial charge on any atom is 0.431 e. The zero-order valence-electron chi connectivity index (χ0n) is 17.2. The fourth-order valence-electron chi connectivity index (χ4n) is 4.04. The molecule has 4 aromatic rings. The summed E-state index contributed by atoms with van der Waals surface area (Å²) in [6.07, 6.45) is 0. The molecule has 0 N–H and O–H groups in total. The SMILES string of the molecule is Fc1c(F)c(F)c(N2B(c3cccs3)N(c3c(F)c(F)c(F)c(F)c3F)c3ccccc32)c(F)c1F. The highest BCUT2D eigenvalue weighted by Crippen LogP contribution is 2.49. The van der Waals surface area contributed by atoms with Gasteiger partial charge in [-0.15, -0.1) is 0 Å². The highest BCUT2D eigenvalue weighted by Gasteiger charge is 2.49. The average molecular weight is 532 g/mol. The highest BCUT2D eigenvalue weighted by atomic mass is 32.1. The second-order valence-electron chi connectivity index (χ2n) is 7.45. The van der Waals surface area contributed by atoms with E-state index in [4.69, 9.17) is 0 Å². The van der Waals surface area contributed by atoms with E-state index in [1.165, 1.54) is 29.6 Å². The van der Waals surface area contributed by atoms with E-state index < -0.39 is 76.5 Å². The van der Waals surface area contributed by atoms with Crippen LogP contribution in [0.25, 0.3) is 0 Å². The van der Waals surface area contributed by atoms with Gasteiger partial charge < -0.3 is 9.62 Å². The Kier molecular flexibility index (Phi) is 5.65. The molecule has 0 radical (unpaired) electrons. The molecule has 1 aromatic heterocycles. The molecular weight excluding hydrogens is 525 g/mol. The van der Waals surface area contributed by atoms with Gasteiger partial charge in [0.25, 0.3) is 0 Å². The standard InChI is InChI=1S/C22H7BF10N2S/c24-11-13(26)17(30)21(18(31)14(11)27)34-8-4-1-2-5-9(8)35(23(34)10-6-3-7-36-10)22-19(32)15(28)12(25)16(29)20(22)33/h1-7H. The molecule has 5 rings (SSSR count). The molecule has 0 saturated heterocycles. The van der Waals surface area contributed by atoms with Gasteiger partial charge in [-0.25, -0.2) is 43.9 Å². The van der Waals surface area contributed by atoms with Gasteiger partial charge in [-0.1, -0.05) is 24.3 Å². The zero-order valence-corrected chi connectivity index (χ0v) is 18.0. The van der Waals surface area contributed by atoms with Crippen LogP contribution >= 0.6 is 11.3 Å². The third-order valence-electron chi connectivity index (χ3n) is 5.54. The Morgan fingerprint density at radius 3 is 1.17 bits per heavy atom. The lowest BCUT2D eigenvalue weighted by Gasteiger charge is -2.30. The molecule has 1 aliphatic heterocycles. The fourth-order valence-corrected chi connectivity index (χ4v) is 4.84. The van der Waals surface area contributed by atoms with Crippen LogP contribution in [0.3, 0.4) is 0 Å². The van der Waals surface area contributed by atoms with Crippen LogP contribution in [-0.2, 0) is 0 Å². The first-order valence-electron chi connectivity index (χ1n) is 9.81. The summed E-state index contributed by atoms with van der Waals surface area (Å²) in [5.74, 6) is -23.1. The summed E-state index contributed by atoms with van der Waals surface area (Å²) in [5, 5.41) is 1.42. The number of para-hydroxylation sites is 2. The number of hydrogen-bond acceptors (Lipinski definition) is 3. The summed E-state index contributed by atoms with van der Waals surface area (Å²) in [5.41, 5.74) is -3.63. The minimum absolute atomic E-state index is 0.0130. The van der Waals surface area contributed by atoms with Crippen molar-refractivity contribution < 1.29 is 43.9 Å². The number of fused-ring (bicyclic) bond motifs is 1. The number of nitrogens with zero attached hydrogens (tertiary/aromatic N) is 2. The lowest BCUT2D eigenvalue weighted by molar-refractivity contribution is 0.380. The van der Waals surface area contributed by atoms with Gasteiger partial charge in [0.15, 0.2) is 46.5 Å². The molecule has 2 nitrogen and oxygen atoms in total. The van der Waals surface area contributed by atoms with Gasteiger partial charge in [0, 0.05) is 4.78 Å². The van der Waals surface area contributed by atoms with Crippen molar-refractivity contribution in [2.24, 2.45) is 0 Å². The second-order valence-corrected chi connectivity index (χ2v) is 8.43. The highest BCUT2D eigenvalue weighted by molar-refractivity contribution is 7.23. The first-order valence-corrected chi connectivity index (χ1v) is 10.7. The zero-order chi connectivity index (χ0) is 26.0. The van der Waals surface area contributed by atoms with Crippen molar-refractivity contribution in [3.8, 4) is 0 Å². The number of benzene rings is 3. The molecule has 14 heteroatoms. The molecule has 3 aromatic carbocycles. The number of hydrogen-bond donors (Lipinski definition) is 0. The van der Waals surface area contributed by atoms with Gasteiger partial charge >= 0.3 is 6.98 Å². The molecule has 0 amide bonds. The quantitative estimate of drug-likeness (QED) is 0.124. The monoisotopic (exact) mass is 532 g/mol. The maximum atomic E-state index is 14.9. The van der Waals surface area contributed by atoms with Gasteiger partial charge in [-0.05, 0) is 17.5 Å². The number of anilines is 4. The summed E-state index contributed by atoms with van der Waals surface area (Å²) in [6, 6.07) is 7.51. The lowest BCUT2D eigenvalue weighted by atomic mass is 9.70. The minimum Gasteiger partial charge on any atom is -0.354 e.